The molecule has 3 fully saturated rings. The summed E-state index contributed by atoms with van der Waals surface area (Å²) in [6, 6.07) is 14.3. The number of nitrogens with two attached hydrogens (primary N) is 1. The third-order valence-electron chi connectivity index (χ3n) is 5.33. The summed E-state index contributed by atoms with van der Waals surface area (Å²) in [5, 5.41) is 0. The highest BCUT2D eigenvalue weighted by molar-refractivity contribution is 5.94. The number of nitrogens with zero attached hydrogens (tertiary/aromatic N) is 3. The van der Waals surface area contributed by atoms with Crippen LogP contribution < -0.4 is 5.73 Å². The first-order chi connectivity index (χ1) is 12.2. The Bertz CT molecular complexity index is 731. The Morgan fingerprint density at radius 1 is 1.08 bits per heavy atom. The van der Waals surface area contributed by atoms with Gasteiger partial charge in [-0.2, -0.15) is 0 Å². The normalized spacial score (nSPS) is 23.4. The zero-order valence-electron chi connectivity index (χ0n) is 14.3. The van der Waals surface area contributed by atoms with E-state index in [-0.39, 0.29) is 11.9 Å². The minimum absolute atomic E-state index is 0.0868. The third-order valence-corrected chi connectivity index (χ3v) is 5.33. The van der Waals surface area contributed by atoms with Crippen molar-refractivity contribution in [3.05, 3.63) is 59.8 Å². The molecule has 0 saturated carbocycles. The number of anilines is 1. The zero-order chi connectivity index (χ0) is 17.2. The van der Waals surface area contributed by atoms with Gasteiger partial charge in [-0.15, -0.1) is 0 Å². The predicted molar refractivity (Wildman–Crippen MR) is 97.9 cm³/mol. The Balaban J connectivity index is 1.49. The number of amides is 1. The van der Waals surface area contributed by atoms with Crippen molar-refractivity contribution in [1.29, 1.82) is 0 Å². The van der Waals surface area contributed by atoms with Crippen molar-refractivity contribution in [2.45, 2.75) is 25.4 Å². The van der Waals surface area contributed by atoms with E-state index in [2.05, 4.69) is 45.1 Å². The molecule has 2 bridgehead atoms. The van der Waals surface area contributed by atoms with E-state index in [4.69, 9.17) is 5.73 Å². The van der Waals surface area contributed by atoms with Crippen molar-refractivity contribution in [1.82, 2.24) is 14.8 Å². The first-order valence-electron chi connectivity index (χ1n) is 8.98. The van der Waals surface area contributed by atoms with Crippen LogP contribution in [0.5, 0.6) is 0 Å². The molecule has 5 heteroatoms. The van der Waals surface area contributed by atoms with E-state index in [9.17, 15) is 4.79 Å². The van der Waals surface area contributed by atoms with Gasteiger partial charge in [-0.1, -0.05) is 30.3 Å². The minimum atomic E-state index is 0.0868. The summed E-state index contributed by atoms with van der Waals surface area (Å²) in [6.45, 7) is 3.81. The van der Waals surface area contributed by atoms with E-state index >= 15 is 0 Å². The van der Waals surface area contributed by atoms with Crippen molar-refractivity contribution in [3.63, 3.8) is 0 Å². The van der Waals surface area contributed by atoms with E-state index in [1.807, 2.05) is 0 Å². The molecule has 0 radical (unpaired) electrons. The first-order valence-corrected chi connectivity index (χ1v) is 8.98. The minimum Gasteiger partial charge on any atom is -0.384 e. The fraction of sp³-hybridized carbons (Fsp3) is 0.400. The molecule has 0 aliphatic carbocycles. The number of carbonyl (C=O) groups is 1. The van der Waals surface area contributed by atoms with Crippen molar-refractivity contribution in [2.75, 3.05) is 25.4 Å². The van der Waals surface area contributed by atoms with Gasteiger partial charge >= 0.3 is 0 Å². The molecule has 1 aromatic heterocycles. The van der Waals surface area contributed by atoms with E-state index in [1.54, 1.807) is 18.3 Å². The molecule has 0 spiro atoms. The average Bonchev–Trinajstić information content (AvgIpc) is 2.93. The first kappa shape index (κ1) is 16.1. The molecule has 130 valence electrons. The molecule has 2 unspecified atom stereocenters. The van der Waals surface area contributed by atoms with Crippen molar-refractivity contribution in [3.8, 4) is 0 Å². The zero-order valence-corrected chi connectivity index (χ0v) is 14.3. The maximum Gasteiger partial charge on any atom is 0.255 e. The second-order valence-electron chi connectivity index (χ2n) is 7.21. The highest BCUT2D eigenvalue weighted by Gasteiger charge is 2.37. The number of carbonyl (C=O) groups excluding carboxylic acids is 1. The van der Waals surface area contributed by atoms with Gasteiger partial charge in [0.15, 0.2) is 0 Å². The monoisotopic (exact) mass is 336 g/mol. The Morgan fingerprint density at radius 3 is 2.68 bits per heavy atom. The largest absolute Gasteiger partial charge is 0.384 e. The highest BCUT2D eigenvalue weighted by atomic mass is 16.2. The van der Waals surface area contributed by atoms with Gasteiger partial charge in [0.2, 0.25) is 0 Å². The van der Waals surface area contributed by atoms with Crippen LogP contribution in [0, 0.1) is 5.92 Å². The van der Waals surface area contributed by atoms with E-state index < -0.39 is 0 Å². The molecule has 2 N–H and O–H groups in total. The lowest BCUT2D eigenvalue weighted by Crippen LogP contribution is -2.47. The van der Waals surface area contributed by atoms with E-state index in [0.29, 0.717) is 17.3 Å². The summed E-state index contributed by atoms with van der Waals surface area (Å²) in [5.41, 5.74) is 7.61. The molecule has 2 aromatic rings. The Hall–Kier alpha value is -2.40. The SMILES string of the molecule is Nc1ccc(C(=O)N2CC3CCC2CN(Cc2ccccc2)C3)cn1. The van der Waals surface area contributed by atoms with Gasteiger partial charge in [0, 0.05) is 38.4 Å². The maximum atomic E-state index is 12.9. The maximum absolute atomic E-state index is 12.9. The average molecular weight is 336 g/mol. The highest BCUT2D eigenvalue weighted by Crippen LogP contribution is 2.30. The molecule has 4 heterocycles. The van der Waals surface area contributed by atoms with Gasteiger partial charge in [-0.05, 0) is 36.5 Å². The van der Waals surface area contributed by atoms with Crippen LogP contribution in [-0.2, 0) is 6.54 Å². The second-order valence-corrected chi connectivity index (χ2v) is 7.21. The van der Waals surface area contributed by atoms with Crippen LogP contribution in [-0.4, -0.2) is 46.4 Å². The number of aromatic nitrogens is 1. The Labute approximate surface area is 148 Å². The summed E-state index contributed by atoms with van der Waals surface area (Å²) in [7, 11) is 0. The molecule has 3 aliphatic rings. The third kappa shape index (κ3) is 3.51. The Morgan fingerprint density at radius 2 is 1.92 bits per heavy atom. The summed E-state index contributed by atoms with van der Waals surface area (Å²) in [6.07, 6.45) is 3.89. The quantitative estimate of drug-likeness (QED) is 0.935. The van der Waals surface area contributed by atoms with E-state index in [1.165, 1.54) is 12.0 Å². The number of fused-ring (bicyclic) bond motifs is 4. The van der Waals surface area contributed by atoms with Gasteiger partial charge in [0.05, 0.1) is 5.56 Å². The summed E-state index contributed by atoms with van der Waals surface area (Å²) in [4.78, 5) is 21.6. The van der Waals surface area contributed by atoms with Gasteiger partial charge in [-0.25, -0.2) is 4.98 Å². The summed E-state index contributed by atoms with van der Waals surface area (Å²) in [5.74, 6) is 1.08. The van der Waals surface area contributed by atoms with Crippen LogP contribution >= 0.6 is 0 Å². The molecule has 5 nitrogen and oxygen atoms in total. The predicted octanol–water partition coefficient (Wildman–Crippen LogP) is 2.40. The van der Waals surface area contributed by atoms with E-state index in [0.717, 1.165) is 32.6 Å². The van der Waals surface area contributed by atoms with Crippen LogP contribution in [0.15, 0.2) is 48.7 Å². The van der Waals surface area contributed by atoms with Crippen LogP contribution in [0.3, 0.4) is 0 Å². The number of pyridine rings is 1. The molecule has 1 amide bonds. The molecule has 3 aliphatic heterocycles. The van der Waals surface area contributed by atoms with Crippen LogP contribution in [0.4, 0.5) is 5.82 Å². The lowest BCUT2D eigenvalue weighted by Gasteiger charge is -2.36. The van der Waals surface area contributed by atoms with Gasteiger partial charge in [0.1, 0.15) is 5.82 Å². The lowest BCUT2D eigenvalue weighted by atomic mass is 9.94. The summed E-state index contributed by atoms with van der Waals surface area (Å²) < 4.78 is 0. The number of hydrogen-bond donors (Lipinski definition) is 1. The number of hydrogen-bond acceptors (Lipinski definition) is 4. The molecular weight excluding hydrogens is 312 g/mol. The standard InChI is InChI=1S/C20H24N4O/c21-19-9-7-17(10-22-19)20(25)24-13-16-6-8-18(24)14-23(12-16)11-15-4-2-1-3-5-15/h1-5,7,9-10,16,18H,6,8,11-14H2,(H2,21,22). The summed E-state index contributed by atoms with van der Waals surface area (Å²) >= 11 is 0. The van der Waals surface area contributed by atoms with Crippen molar-refractivity contribution >= 4 is 11.7 Å². The molecule has 25 heavy (non-hydrogen) atoms. The van der Waals surface area contributed by atoms with Crippen molar-refractivity contribution in [2.24, 2.45) is 5.92 Å². The number of benzene rings is 1. The van der Waals surface area contributed by atoms with Gasteiger partial charge in [0.25, 0.3) is 5.91 Å². The molecular formula is C20H24N4O. The lowest BCUT2D eigenvalue weighted by molar-refractivity contribution is 0.0584. The molecule has 3 saturated heterocycles. The van der Waals surface area contributed by atoms with Crippen LogP contribution in [0.1, 0.15) is 28.8 Å². The number of rotatable bonds is 3. The van der Waals surface area contributed by atoms with Gasteiger partial charge in [-0.3, -0.25) is 9.69 Å². The topological polar surface area (TPSA) is 62.5 Å². The molecule has 2 atom stereocenters. The fourth-order valence-electron chi connectivity index (χ4n) is 4.10. The van der Waals surface area contributed by atoms with Crippen molar-refractivity contribution < 1.29 is 4.79 Å². The van der Waals surface area contributed by atoms with Crippen LogP contribution in [0.25, 0.3) is 0 Å². The number of nitrogen functional groups attached to an aromatic ring is 1. The van der Waals surface area contributed by atoms with Crippen LogP contribution in [0.2, 0.25) is 0 Å². The Kier molecular flexibility index (Phi) is 4.40. The molecule has 1 aromatic carbocycles. The number of piperidine rings is 1. The van der Waals surface area contributed by atoms with Gasteiger partial charge < -0.3 is 10.6 Å². The fourth-order valence-corrected chi connectivity index (χ4v) is 4.10. The second kappa shape index (κ2) is 6.84. The smallest absolute Gasteiger partial charge is 0.255 e. The molecule has 5 rings (SSSR count).